The van der Waals surface area contributed by atoms with Crippen LogP contribution in [0.3, 0.4) is 0 Å². The van der Waals surface area contributed by atoms with Crippen LogP contribution in [0.4, 0.5) is 0 Å². The molecular formula is C23H27N5O2S. The summed E-state index contributed by atoms with van der Waals surface area (Å²) in [6.07, 6.45) is 6.62. The lowest BCUT2D eigenvalue weighted by molar-refractivity contribution is -0.129. The van der Waals surface area contributed by atoms with Crippen LogP contribution in [0.15, 0.2) is 53.9 Å². The summed E-state index contributed by atoms with van der Waals surface area (Å²) < 4.78 is 7.33. The third-order valence-corrected chi connectivity index (χ3v) is 6.20. The number of hydrogen-bond donors (Lipinski definition) is 0. The fourth-order valence-electron chi connectivity index (χ4n) is 3.48. The van der Waals surface area contributed by atoms with Crippen LogP contribution in [-0.2, 0) is 17.9 Å². The second-order valence-corrected chi connectivity index (χ2v) is 8.53. The molecule has 0 spiro atoms. The van der Waals surface area contributed by atoms with E-state index >= 15 is 0 Å². The third-order valence-electron chi connectivity index (χ3n) is 5.25. The topological polar surface area (TPSA) is 73.1 Å². The number of amides is 1. The average Bonchev–Trinajstić information content (AvgIpc) is 3.58. The van der Waals surface area contributed by atoms with Crippen LogP contribution < -0.4 is 4.74 Å². The summed E-state index contributed by atoms with van der Waals surface area (Å²) in [5, 5.41) is 9.54. The molecule has 31 heavy (non-hydrogen) atoms. The lowest BCUT2D eigenvalue weighted by Gasteiger charge is -2.22. The van der Waals surface area contributed by atoms with Gasteiger partial charge in [-0.15, -0.1) is 10.2 Å². The van der Waals surface area contributed by atoms with Crippen LogP contribution in [0.25, 0.3) is 11.4 Å². The number of nitrogens with zero attached hydrogens (tertiary/aromatic N) is 5. The molecule has 1 saturated carbocycles. The van der Waals surface area contributed by atoms with Crippen molar-refractivity contribution in [1.29, 1.82) is 0 Å². The van der Waals surface area contributed by atoms with E-state index in [4.69, 9.17) is 4.74 Å². The van der Waals surface area contributed by atoms with Crippen LogP contribution in [0.5, 0.6) is 5.75 Å². The molecule has 0 bridgehead atoms. The summed E-state index contributed by atoms with van der Waals surface area (Å²) in [5.41, 5.74) is 2.09. The largest absolute Gasteiger partial charge is 0.497 e. The van der Waals surface area contributed by atoms with Crippen molar-refractivity contribution < 1.29 is 9.53 Å². The Balaban J connectivity index is 1.44. The maximum absolute atomic E-state index is 13.1. The Bertz CT molecular complexity index is 1000. The van der Waals surface area contributed by atoms with Crippen molar-refractivity contribution in [1.82, 2.24) is 24.6 Å². The SMILES string of the molecule is CCCn1c(SCC(=O)N(Cc2ccc(OC)cc2)C2CC2)nnc1-c1ccncc1. The minimum Gasteiger partial charge on any atom is -0.497 e. The highest BCUT2D eigenvalue weighted by atomic mass is 32.2. The molecule has 4 rings (SSSR count). The number of thioether (sulfide) groups is 1. The van der Waals surface area contributed by atoms with Gasteiger partial charge in [0.2, 0.25) is 5.91 Å². The van der Waals surface area contributed by atoms with Gasteiger partial charge < -0.3 is 14.2 Å². The first-order chi connectivity index (χ1) is 15.2. The molecule has 0 saturated heterocycles. The van der Waals surface area contributed by atoms with Crippen molar-refractivity contribution in [3.05, 3.63) is 54.4 Å². The maximum atomic E-state index is 13.1. The van der Waals surface area contributed by atoms with Gasteiger partial charge in [0.25, 0.3) is 0 Å². The molecule has 0 N–H and O–H groups in total. The minimum absolute atomic E-state index is 0.139. The molecule has 8 heteroatoms. The fourth-order valence-corrected chi connectivity index (χ4v) is 4.33. The molecule has 1 aromatic carbocycles. The van der Waals surface area contributed by atoms with Gasteiger partial charge in [-0.05, 0) is 49.1 Å². The van der Waals surface area contributed by atoms with Gasteiger partial charge in [0.05, 0.1) is 12.9 Å². The Morgan fingerprint density at radius 1 is 1.16 bits per heavy atom. The highest BCUT2D eigenvalue weighted by Gasteiger charge is 2.32. The summed E-state index contributed by atoms with van der Waals surface area (Å²) in [6, 6.07) is 12.1. The van der Waals surface area contributed by atoms with Gasteiger partial charge in [0.1, 0.15) is 5.75 Å². The quantitative estimate of drug-likeness (QED) is 0.446. The lowest BCUT2D eigenvalue weighted by atomic mass is 10.2. The first-order valence-corrected chi connectivity index (χ1v) is 11.6. The molecule has 3 aromatic rings. The van der Waals surface area contributed by atoms with Gasteiger partial charge in [0.15, 0.2) is 11.0 Å². The molecule has 7 nitrogen and oxygen atoms in total. The molecule has 0 atom stereocenters. The van der Waals surface area contributed by atoms with Crippen LogP contribution in [0, 0.1) is 0 Å². The molecule has 2 heterocycles. The Morgan fingerprint density at radius 2 is 1.90 bits per heavy atom. The molecule has 0 aliphatic heterocycles. The predicted octanol–water partition coefficient (Wildman–Crippen LogP) is 4.04. The number of rotatable bonds is 10. The van der Waals surface area contributed by atoms with Crippen molar-refractivity contribution in [2.45, 2.75) is 50.5 Å². The van der Waals surface area contributed by atoms with Crippen molar-refractivity contribution >= 4 is 17.7 Å². The monoisotopic (exact) mass is 437 g/mol. The van der Waals surface area contributed by atoms with Crippen LogP contribution in [0.1, 0.15) is 31.7 Å². The third kappa shape index (κ3) is 5.25. The van der Waals surface area contributed by atoms with Crippen LogP contribution >= 0.6 is 11.8 Å². The standard InChI is InChI=1S/C23H27N5O2S/c1-3-14-27-22(18-10-12-24-13-11-18)25-26-23(27)31-16-21(29)28(19-6-7-19)15-17-4-8-20(30-2)9-5-17/h4-5,8-13,19H,3,6-7,14-16H2,1-2H3. The van der Waals surface area contributed by atoms with E-state index < -0.39 is 0 Å². The zero-order chi connectivity index (χ0) is 21.6. The zero-order valence-corrected chi connectivity index (χ0v) is 18.7. The number of pyridine rings is 1. The average molecular weight is 438 g/mol. The number of methoxy groups -OCH3 is 1. The highest BCUT2D eigenvalue weighted by Crippen LogP contribution is 2.30. The molecule has 0 unspecified atom stereocenters. The number of carbonyl (C=O) groups excluding carboxylic acids is 1. The van der Waals surface area contributed by atoms with Crippen molar-refractivity contribution in [2.75, 3.05) is 12.9 Å². The first kappa shape index (κ1) is 21.4. The van der Waals surface area contributed by atoms with E-state index in [0.29, 0.717) is 18.3 Å². The fraction of sp³-hybridized carbons (Fsp3) is 0.391. The van der Waals surface area contributed by atoms with E-state index in [1.807, 2.05) is 41.3 Å². The summed E-state index contributed by atoms with van der Waals surface area (Å²) in [7, 11) is 1.66. The number of ether oxygens (including phenoxy) is 1. The Labute approximate surface area is 186 Å². The normalized spacial score (nSPS) is 13.2. The Kier molecular flexibility index (Phi) is 6.86. The summed E-state index contributed by atoms with van der Waals surface area (Å²) >= 11 is 1.46. The summed E-state index contributed by atoms with van der Waals surface area (Å²) in [4.78, 5) is 19.2. The Morgan fingerprint density at radius 3 is 2.55 bits per heavy atom. The lowest BCUT2D eigenvalue weighted by Crippen LogP contribution is -2.34. The molecular weight excluding hydrogens is 410 g/mol. The molecule has 1 amide bonds. The van der Waals surface area contributed by atoms with E-state index in [2.05, 4.69) is 26.7 Å². The van der Waals surface area contributed by atoms with Crippen molar-refractivity contribution in [3.63, 3.8) is 0 Å². The van der Waals surface area contributed by atoms with E-state index in [9.17, 15) is 4.79 Å². The molecule has 1 aliphatic carbocycles. The van der Waals surface area contributed by atoms with Gasteiger partial charge in [-0.25, -0.2) is 0 Å². The number of benzene rings is 1. The second kappa shape index (κ2) is 9.96. The summed E-state index contributed by atoms with van der Waals surface area (Å²) in [6.45, 7) is 3.55. The molecule has 0 radical (unpaired) electrons. The minimum atomic E-state index is 0.139. The van der Waals surface area contributed by atoms with E-state index in [1.54, 1.807) is 19.5 Å². The van der Waals surface area contributed by atoms with Gasteiger partial charge in [0, 0.05) is 37.1 Å². The van der Waals surface area contributed by atoms with Gasteiger partial charge >= 0.3 is 0 Å². The first-order valence-electron chi connectivity index (χ1n) is 10.6. The summed E-state index contributed by atoms with van der Waals surface area (Å²) in [5.74, 6) is 2.13. The van der Waals surface area contributed by atoms with Crippen LogP contribution in [0.2, 0.25) is 0 Å². The van der Waals surface area contributed by atoms with E-state index in [0.717, 1.165) is 53.7 Å². The maximum Gasteiger partial charge on any atom is 0.233 e. The molecule has 162 valence electrons. The number of hydrogen-bond acceptors (Lipinski definition) is 6. The van der Waals surface area contributed by atoms with Crippen LogP contribution in [-0.4, -0.2) is 49.5 Å². The van der Waals surface area contributed by atoms with E-state index in [1.165, 1.54) is 11.8 Å². The van der Waals surface area contributed by atoms with Gasteiger partial charge in [-0.3, -0.25) is 9.78 Å². The second-order valence-electron chi connectivity index (χ2n) is 7.58. The molecule has 1 aliphatic rings. The number of carbonyl (C=O) groups is 1. The zero-order valence-electron chi connectivity index (χ0n) is 17.9. The Hall–Kier alpha value is -2.87. The smallest absolute Gasteiger partial charge is 0.233 e. The van der Waals surface area contributed by atoms with Gasteiger partial charge in [-0.2, -0.15) is 0 Å². The van der Waals surface area contributed by atoms with Gasteiger partial charge in [-0.1, -0.05) is 30.8 Å². The van der Waals surface area contributed by atoms with E-state index in [-0.39, 0.29) is 5.91 Å². The highest BCUT2D eigenvalue weighted by molar-refractivity contribution is 7.99. The molecule has 1 fully saturated rings. The van der Waals surface area contributed by atoms with Crippen molar-refractivity contribution in [2.24, 2.45) is 0 Å². The predicted molar refractivity (Wildman–Crippen MR) is 121 cm³/mol. The number of aromatic nitrogens is 4. The molecule has 2 aromatic heterocycles. The van der Waals surface area contributed by atoms with Crippen molar-refractivity contribution in [3.8, 4) is 17.1 Å².